The Morgan fingerprint density at radius 3 is 2.90 bits per heavy atom. The molecule has 0 aliphatic heterocycles. The van der Waals surface area contributed by atoms with Crippen LogP contribution in [0.5, 0.6) is 0 Å². The minimum absolute atomic E-state index is 0.00559. The number of carbonyl (C=O) groups excluding carboxylic acids is 1. The topological polar surface area (TPSA) is 59.8 Å². The molecule has 0 spiro atoms. The number of aromatic nitrogens is 3. The van der Waals surface area contributed by atoms with E-state index in [0.29, 0.717) is 6.54 Å². The highest BCUT2D eigenvalue weighted by Gasteiger charge is 2.19. The number of hydrogen-bond donors (Lipinski definition) is 1. The number of thiazole rings is 1. The van der Waals surface area contributed by atoms with E-state index in [1.54, 1.807) is 22.2 Å². The highest BCUT2D eigenvalue weighted by Crippen LogP contribution is 2.19. The fourth-order valence-electron chi connectivity index (χ4n) is 2.22. The van der Waals surface area contributed by atoms with E-state index in [1.807, 2.05) is 26.1 Å². The molecule has 0 saturated carbocycles. The average Bonchev–Trinajstić information content (AvgIpc) is 3.08. The summed E-state index contributed by atoms with van der Waals surface area (Å²) < 4.78 is 1.71. The molecule has 0 fully saturated rings. The largest absolute Gasteiger partial charge is 0.349 e. The van der Waals surface area contributed by atoms with Crippen LogP contribution in [0.1, 0.15) is 48.3 Å². The van der Waals surface area contributed by atoms with Crippen molar-refractivity contribution in [1.29, 1.82) is 0 Å². The first kappa shape index (κ1) is 15.7. The van der Waals surface area contributed by atoms with Crippen LogP contribution in [0.3, 0.4) is 0 Å². The van der Waals surface area contributed by atoms with E-state index in [0.717, 1.165) is 34.8 Å². The van der Waals surface area contributed by atoms with Gasteiger partial charge in [0.1, 0.15) is 6.04 Å². The summed E-state index contributed by atoms with van der Waals surface area (Å²) in [7, 11) is 0. The molecule has 1 atom stereocenters. The molecular formula is C15H22N4OS. The molecule has 5 nitrogen and oxygen atoms in total. The average molecular weight is 306 g/mol. The van der Waals surface area contributed by atoms with Gasteiger partial charge in [-0.15, -0.1) is 11.3 Å². The number of nitrogens with zero attached hydrogens (tertiary/aromatic N) is 3. The second-order valence-electron chi connectivity index (χ2n) is 4.99. The van der Waals surface area contributed by atoms with E-state index in [9.17, 15) is 4.79 Å². The second-order valence-corrected chi connectivity index (χ2v) is 6.16. The summed E-state index contributed by atoms with van der Waals surface area (Å²) in [6, 6.07) is 1.59. The second kappa shape index (κ2) is 7.36. The number of rotatable bonds is 7. The van der Waals surface area contributed by atoms with Crippen molar-refractivity contribution in [1.82, 2.24) is 20.1 Å². The number of carbonyl (C=O) groups is 1. The molecule has 0 bridgehead atoms. The van der Waals surface area contributed by atoms with Gasteiger partial charge in [-0.3, -0.25) is 9.48 Å². The lowest BCUT2D eigenvalue weighted by atomic mass is 10.2. The molecular weight excluding hydrogens is 284 g/mol. The van der Waals surface area contributed by atoms with Crippen molar-refractivity contribution in [2.24, 2.45) is 0 Å². The van der Waals surface area contributed by atoms with Crippen molar-refractivity contribution in [3.63, 3.8) is 0 Å². The molecule has 2 aromatic heterocycles. The number of nitrogens with one attached hydrogen (secondary N) is 1. The minimum atomic E-state index is -0.247. The summed E-state index contributed by atoms with van der Waals surface area (Å²) in [5.41, 5.74) is 1.02. The van der Waals surface area contributed by atoms with Crippen LogP contribution < -0.4 is 5.32 Å². The molecule has 1 N–H and O–H groups in total. The van der Waals surface area contributed by atoms with Crippen molar-refractivity contribution in [3.05, 3.63) is 34.0 Å². The molecule has 0 aliphatic carbocycles. The van der Waals surface area contributed by atoms with Crippen LogP contribution in [-0.2, 0) is 17.8 Å². The van der Waals surface area contributed by atoms with Crippen LogP contribution in [0.25, 0.3) is 0 Å². The maximum atomic E-state index is 12.3. The lowest BCUT2D eigenvalue weighted by Crippen LogP contribution is -2.32. The Hall–Kier alpha value is -1.69. The molecule has 0 saturated heterocycles. The zero-order valence-corrected chi connectivity index (χ0v) is 13.6. The number of hydrogen-bond acceptors (Lipinski definition) is 4. The van der Waals surface area contributed by atoms with E-state index >= 15 is 0 Å². The Labute approximate surface area is 129 Å². The smallest absolute Gasteiger partial charge is 0.245 e. The fourth-order valence-corrected chi connectivity index (χ4v) is 3.33. The Balaban J connectivity index is 1.97. The van der Waals surface area contributed by atoms with Crippen LogP contribution in [-0.4, -0.2) is 20.7 Å². The summed E-state index contributed by atoms with van der Waals surface area (Å²) in [5, 5.41) is 8.31. The lowest BCUT2D eigenvalue weighted by Gasteiger charge is -2.15. The monoisotopic (exact) mass is 306 g/mol. The zero-order chi connectivity index (χ0) is 15.2. The predicted octanol–water partition coefficient (Wildman–Crippen LogP) is 2.87. The van der Waals surface area contributed by atoms with Crippen molar-refractivity contribution in [2.75, 3.05) is 0 Å². The van der Waals surface area contributed by atoms with Crippen LogP contribution in [0.15, 0.2) is 18.5 Å². The summed E-state index contributed by atoms with van der Waals surface area (Å²) in [5.74, 6) is 0.00559. The number of aryl methyl sites for hydroxylation is 2. The number of amides is 1. The Morgan fingerprint density at radius 2 is 2.29 bits per heavy atom. The molecule has 21 heavy (non-hydrogen) atoms. The van der Waals surface area contributed by atoms with Gasteiger partial charge in [-0.05, 0) is 32.3 Å². The van der Waals surface area contributed by atoms with Gasteiger partial charge in [-0.25, -0.2) is 4.98 Å². The van der Waals surface area contributed by atoms with Gasteiger partial charge < -0.3 is 5.32 Å². The molecule has 1 amide bonds. The first-order valence-corrected chi connectivity index (χ1v) is 8.19. The molecule has 0 unspecified atom stereocenters. The molecule has 2 aromatic rings. The summed E-state index contributed by atoms with van der Waals surface area (Å²) in [6.07, 6.45) is 6.34. The van der Waals surface area contributed by atoms with Gasteiger partial charge in [0.15, 0.2) is 0 Å². The first-order chi connectivity index (χ1) is 10.2. The molecule has 114 valence electrons. The Kier molecular flexibility index (Phi) is 5.50. The van der Waals surface area contributed by atoms with E-state index in [4.69, 9.17) is 0 Å². The van der Waals surface area contributed by atoms with E-state index in [-0.39, 0.29) is 11.9 Å². The van der Waals surface area contributed by atoms with Crippen LogP contribution in [0, 0.1) is 6.92 Å². The van der Waals surface area contributed by atoms with Crippen LogP contribution in [0.2, 0.25) is 0 Å². The Bertz CT molecular complexity index is 577. The normalized spacial score (nSPS) is 12.3. The van der Waals surface area contributed by atoms with Gasteiger partial charge in [-0.2, -0.15) is 5.10 Å². The summed E-state index contributed by atoms with van der Waals surface area (Å²) >= 11 is 1.69. The van der Waals surface area contributed by atoms with Gasteiger partial charge in [-0.1, -0.05) is 13.8 Å². The molecule has 0 aromatic carbocycles. The molecule has 2 heterocycles. The predicted molar refractivity (Wildman–Crippen MR) is 84.2 cm³/mol. The van der Waals surface area contributed by atoms with Gasteiger partial charge in [0.25, 0.3) is 0 Å². The van der Waals surface area contributed by atoms with Crippen molar-refractivity contribution in [2.45, 2.75) is 52.6 Å². The van der Waals surface area contributed by atoms with Crippen molar-refractivity contribution < 1.29 is 4.79 Å². The van der Waals surface area contributed by atoms with E-state index < -0.39 is 0 Å². The fraction of sp³-hybridized carbons (Fsp3) is 0.533. The molecule has 0 aliphatic rings. The maximum absolute atomic E-state index is 12.3. The van der Waals surface area contributed by atoms with Gasteiger partial charge in [0.05, 0.1) is 17.2 Å². The Morgan fingerprint density at radius 1 is 1.48 bits per heavy atom. The lowest BCUT2D eigenvalue weighted by molar-refractivity contribution is -0.124. The zero-order valence-electron chi connectivity index (χ0n) is 12.8. The first-order valence-electron chi connectivity index (χ1n) is 7.37. The third-order valence-electron chi connectivity index (χ3n) is 3.36. The van der Waals surface area contributed by atoms with E-state index in [2.05, 4.69) is 22.3 Å². The van der Waals surface area contributed by atoms with Gasteiger partial charge in [0, 0.05) is 17.3 Å². The quantitative estimate of drug-likeness (QED) is 0.855. The highest BCUT2D eigenvalue weighted by atomic mass is 32.1. The summed E-state index contributed by atoms with van der Waals surface area (Å²) in [6.45, 7) is 6.68. The molecule has 2 rings (SSSR count). The standard InChI is InChI=1S/C15H22N4OS/c1-4-7-14-18-11(3)13(21-14)10-16-15(20)12(5-2)19-9-6-8-17-19/h6,8-9,12H,4-5,7,10H2,1-3H3,(H,16,20)/t12-/m0/s1. The van der Waals surface area contributed by atoms with Crippen molar-refractivity contribution in [3.8, 4) is 0 Å². The SMILES string of the molecule is CCCc1nc(C)c(CNC(=O)[C@H](CC)n2cccn2)s1. The molecule has 6 heteroatoms. The van der Waals surface area contributed by atoms with E-state index in [1.165, 1.54) is 0 Å². The molecule has 0 radical (unpaired) electrons. The minimum Gasteiger partial charge on any atom is -0.349 e. The third-order valence-corrected chi connectivity index (χ3v) is 4.57. The summed E-state index contributed by atoms with van der Waals surface area (Å²) in [4.78, 5) is 18.0. The highest BCUT2D eigenvalue weighted by molar-refractivity contribution is 7.11. The maximum Gasteiger partial charge on any atom is 0.245 e. The third kappa shape index (κ3) is 3.91. The van der Waals surface area contributed by atoms with Crippen molar-refractivity contribution >= 4 is 17.2 Å². The van der Waals surface area contributed by atoms with Crippen LogP contribution in [0.4, 0.5) is 0 Å². The van der Waals surface area contributed by atoms with Gasteiger partial charge >= 0.3 is 0 Å². The van der Waals surface area contributed by atoms with Gasteiger partial charge in [0.2, 0.25) is 5.91 Å². The van der Waals surface area contributed by atoms with Crippen LogP contribution >= 0.6 is 11.3 Å².